The molecule has 0 radical (unpaired) electrons. The van der Waals surface area contributed by atoms with E-state index in [-0.39, 0.29) is 18.1 Å². The highest BCUT2D eigenvalue weighted by Crippen LogP contribution is 2.23. The average molecular weight is 316 g/mol. The lowest BCUT2D eigenvalue weighted by atomic mass is 10.0. The molecule has 0 fully saturated rings. The number of rotatable bonds is 8. The molecular weight excluding hydrogens is 288 g/mol. The van der Waals surface area contributed by atoms with Gasteiger partial charge in [0, 0.05) is 5.56 Å². The van der Waals surface area contributed by atoms with E-state index in [1.807, 2.05) is 6.08 Å². The van der Waals surface area contributed by atoms with Crippen LogP contribution in [-0.2, 0) is 4.74 Å². The Morgan fingerprint density at radius 3 is 2.30 bits per heavy atom. The molecule has 0 saturated carbocycles. The van der Waals surface area contributed by atoms with Gasteiger partial charge in [-0.25, -0.2) is 0 Å². The molecule has 0 heterocycles. The van der Waals surface area contributed by atoms with Crippen molar-refractivity contribution in [2.24, 2.45) is 0 Å². The average Bonchev–Trinajstić information content (AvgIpc) is 2.48. The van der Waals surface area contributed by atoms with Gasteiger partial charge in [0.25, 0.3) is 0 Å². The van der Waals surface area contributed by atoms with Gasteiger partial charge in [-0.05, 0) is 70.7 Å². The number of aromatic hydroxyl groups is 1. The third kappa shape index (κ3) is 6.83. The van der Waals surface area contributed by atoms with Crippen LogP contribution in [0.4, 0.5) is 0 Å². The Kier molecular flexibility index (Phi) is 7.76. The number of phenolic OH excluding ortho intramolecular Hbond substituents is 1. The van der Waals surface area contributed by atoms with Gasteiger partial charge >= 0.3 is 0 Å². The highest BCUT2D eigenvalue weighted by Gasteiger charge is 2.10. The van der Waals surface area contributed by atoms with Crippen LogP contribution in [0.25, 0.3) is 0 Å². The molecule has 23 heavy (non-hydrogen) atoms. The highest BCUT2D eigenvalue weighted by molar-refractivity contribution is 5.97. The maximum Gasteiger partial charge on any atom is 0.188 e. The van der Waals surface area contributed by atoms with E-state index in [9.17, 15) is 9.90 Å². The molecule has 0 atom stereocenters. The fourth-order valence-electron chi connectivity index (χ4n) is 2.24. The van der Waals surface area contributed by atoms with Gasteiger partial charge in [-0.1, -0.05) is 23.3 Å². The highest BCUT2D eigenvalue weighted by atomic mass is 16.5. The SMILES string of the molecule is CC(C)=CCC/C(C)=C/COCC(=O)c1cc(C)c(O)c(C)c1. The number of benzene rings is 1. The van der Waals surface area contributed by atoms with Crippen LogP contribution >= 0.6 is 0 Å². The Labute approximate surface area is 139 Å². The fraction of sp³-hybridized carbons (Fsp3) is 0.450. The smallest absolute Gasteiger partial charge is 0.188 e. The monoisotopic (exact) mass is 316 g/mol. The van der Waals surface area contributed by atoms with E-state index < -0.39 is 0 Å². The van der Waals surface area contributed by atoms with Crippen molar-refractivity contribution >= 4 is 5.78 Å². The number of hydrogen-bond acceptors (Lipinski definition) is 3. The van der Waals surface area contributed by atoms with Crippen molar-refractivity contribution in [1.29, 1.82) is 0 Å². The molecule has 0 saturated heterocycles. The summed E-state index contributed by atoms with van der Waals surface area (Å²) in [7, 11) is 0. The minimum Gasteiger partial charge on any atom is -0.507 e. The molecule has 0 aliphatic heterocycles. The van der Waals surface area contributed by atoms with Crippen LogP contribution in [0.5, 0.6) is 5.75 Å². The summed E-state index contributed by atoms with van der Waals surface area (Å²) in [5.74, 6) is 0.184. The Morgan fingerprint density at radius 2 is 1.74 bits per heavy atom. The minimum absolute atomic E-state index is 0.0570. The Bertz CT molecular complexity index is 582. The van der Waals surface area contributed by atoms with Crippen LogP contribution in [0.2, 0.25) is 0 Å². The molecule has 3 heteroatoms. The predicted octanol–water partition coefficient (Wildman–Crippen LogP) is 4.90. The number of aryl methyl sites for hydroxylation is 2. The van der Waals surface area contributed by atoms with Crippen molar-refractivity contribution in [2.45, 2.75) is 47.5 Å². The van der Waals surface area contributed by atoms with Crippen LogP contribution in [-0.4, -0.2) is 24.1 Å². The number of hydrogen-bond donors (Lipinski definition) is 1. The molecular formula is C20H28O3. The number of carbonyl (C=O) groups is 1. The summed E-state index contributed by atoms with van der Waals surface area (Å²) >= 11 is 0. The maximum atomic E-state index is 12.1. The van der Waals surface area contributed by atoms with Gasteiger partial charge in [-0.15, -0.1) is 0 Å². The van der Waals surface area contributed by atoms with E-state index in [4.69, 9.17) is 4.74 Å². The number of phenols is 1. The summed E-state index contributed by atoms with van der Waals surface area (Å²) in [4.78, 5) is 12.1. The number of ketones is 1. The zero-order valence-corrected chi connectivity index (χ0v) is 14.9. The number of allylic oxidation sites excluding steroid dienone is 3. The van der Waals surface area contributed by atoms with Crippen molar-refractivity contribution in [3.63, 3.8) is 0 Å². The molecule has 1 aromatic rings. The first-order valence-corrected chi connectivity index (χ1v) is 8.01. The molecule has 0 unspecified atom stereocenters. The lowest BCUT2D eigenvalue weighted by Gasteiger charge is -2.07. The molecule has 3 nitrogen and oxygen atoms in total. The normalized spacial score (nSPS) is 11.4. The number of ether oxygens (including phenoxy) is 1. The van der Waals surface area contributed by atoms with Crippen LogP contribution in [0.3, 0.4) is 0 Å². The molecule has 0 spiro atoms. The Balaban J connectivity index is 2.44. The standard InChI is InChI=1S/C20H28O3/c1-14(2)7-6-8-15(3)9-10-23-13-19(21)18-11-16(4)20(22)17(5)12-18/h7,9,11-12,22H,6,8,10,13H2,1-5H3/b15-9+. The van der Waals surface area contributed by atoms with E-state index in [1.54, 1.807) is 26.0 Å². The third-order valence-electron chi connectivity index (χ3n) is 3.69. The summed E-state index contributed by atoms with van der Waals surface area (Å²) < 4.78 is 5.45. The summed E-state index contributed by atoms with van der Waals surface area (Å²) in [5.41, 5.74) is 4.61. The van der Waals surface area contributed by atoms with E-state index >= 15 is 0 Å². The van der Waals surface area contributed by atoms with Gasteiger partial charge in [0.05, 0.1) is 6.61 Å². The van der Waals surface area contributed by atoms with E-state index in [1.165, 1.54) is 11.1 Å². The summed E-state index contributed by atoms with van der Waals surface area (Å²) in [6.07, 6.45) is 6.30. The first-order valence-electron chi connectivity index (χ1n) is 8.01. The number of carbonyl (C=O) groups excluding carboxylic acids is 1. The fourth-order valence-corrected chi connectivity index (χ4v) is 2.24. The van der Waals surface area contributed by atoms with Crippen molar-refractivity contribution in [2.75, 3.05) is 13.2 Å². The Morgan fingerprint density at radius 1 is 1.13 bits per heavy atom. The predicted molar refractivity (Wildman–Crippen MR) is 95.2 cm³/mol. The molecule has 1 aromatic carbocycles. The van der Waals surface area contributed by atoms with Crippen molar-refractivity contribution < 1.29 is 14.6 Å². The molecule has 126 valence electrons. The zero-order chi connectivity index (χ0) is 17.4. The lowest BCUT2D eigenvalue weighted by Crippen LogP contribution is -2.10. The molecule has 0 aliphatic rings. The van der Waals surface area contributed by atoms with Gasteiger partial charge in [-0.3, -0.25) is 4.79 Å². The Hall–Kier alpha value is -1.87. The van der Waals surface area contributed by atoms with E-state index in [2.05, 4.69) is 26.8 Å². The largest absolute Gasteiger partial charge is 0.507 e. The second-order valence-corrected chi connectivity index (χ2v) is 6.27. The topological polar surface area (TPSA) is 46.5 Å². The van der Waals surface area contributed by atoms with Gasteiger partial charge in [0.15, 0.2) is 5.78 Å². The summed E-state index contributed by atoms with van der Waals surface area (Å²) in [6, 6.07) is 3.41. The molecule has 0 aromatic heterocycles. The second-order valence-electron chi connectivity index (χ2n) is 6.27. The van der Waals surface area contributed by atoms with Gasteiger partial charge in [0.1, 0.15) is 12.4 Å². The van der Waals surface area contributed by atoms with E-state index in [0.29, 0.717) is 23.3 Å². The van der Waals surface area contributed by atoms with E-state index in [0.717, 1.165) is 12.8 Å². The summed E-state index contributed by atoms with van der Waals surface area (Å²) in [5, 5.41) is 9.74. The zero-order valence-electron chi connectivity index (χ0n) is 14.9. The van der Waals surface area contributed by atoms with Gasteiger partial charge < -0.3 is 9.84 Å². The van der Waals surface area contributed by atoms with Crippen LogP contribution in [0.1, 0.15) is 55.1 Å². The van der Waals surface area contributed by atoms with Crippen molar-refractivity contribution in [3.8, 4) is 5.75 Å². The van der Waals surface area contributed by atoms with Gasteiger partial charge in [-0.2, -0.15) is 0 Å². The first-order chi connectivity index (χ1) is 10.8. The molecule has 1 rings (SSSR count). The maximum absolute atomic E-state index is 12.1. The van der Waals surface area contributed by atoms with Crippen molar-refractivity contribution in [1.82, 2.24) is 0 Å². The molecule has 0 amide bonds. The molecule has 1 N–H and O–H groups in total. The minimum atomic E-state index is -0.0632. The second kappa shape index (κ2) is 9.31. The summed E-state index contributed by atoms with van der Waals surface area (Å²) in [6.45, 7) is 10.4. The molecule has 0 aliphatic carbocycles. The quantitative estimate of drug-likeness (QED) is 0.421. The van der Waals surface area contributed by atoms with Crippen LogP contribution in [0, 0.1) is 13.8 Å². The van der Waals surface area contributed by atoms with Crippen molar-refractivity contribution in [3.05, 3.63) is 52.1 Å². The third-order valence-corrected chi connectivity index (χ3v) is 3.69. The molecule has 0 bridgehead atoms. The lowest BCUT2D eigenvalue weighted by molar-refractivity contribution is 0.0805. The first kappa shape index (κ1) is 19.2. The van der Waals surface area contributed by atoms with Crippen LogP contribution in [0.15, 0.2) is 35.4 Å². The van der Waals surface area contributed by atoms with Gasteiger partial charge in [0.2, 0.25) is 0 Å². The number of Topliss-reactive ketones (excluding diaryl/α,β-unsaturated/α-hetero) is 1. The van der Waals surface area contributed by atoms with Crippen LogP contribution < -0.4 is 0 Å².